The number of fused-ring (bicyclic) bond motifs is 1. The van der Waals surface area contributed by atoms with Crippen LogP contribution >= 0.6 is 11.6 Å². The molecule has 0 saturated carbocycles. The van der Waals surface area contributed by atoms with Crippen LogP contribution in [0.15, 0.2) is 51.4 Å². The Bertz CT molecular complexity index is 974. The third-order valence-electron chi connectivity index (χ3n) is 3.25. The Morgan fingerprint density at radius 3 is 2.77 bits per heavy atom. The first kappa shape index (κ1) is 13.0. The van der Waals surface area contributed by atoms with Crippen LogP contribution in [-0.2, 0) is 0 Å². The van der Waals surface area contributed by atoms with Crippen molar-refractivity contribution in [2.24, 2.45) is 0 Å². The first-order valence-electron chi connectivity index (χ1n) is 6.66. The lowest BCUT2D eigenvalue weighted by Gasteiger charge is -1.94. The molecule has 2 aromatic carbocycles. The smallest absolute Gasteiger partial charge is 0.258 e. The molecule has 0 fully saturated rings. The van der Waals surface area contributed by atoms with Gasteiger partial charge in [0.05, 0.1) is 0 Å². The van der Waals surface area contributed by atoms with Gasteiger partial charge < -0.3 is 8.94 Å². The summed E-state index contributed by atoms with van der Waals surface area (Å²) in [7, 11) is 0. The van der Waals surface area contributed by atoms with Gasteiger partial charge in [0, 0.05) is 23.1 Å². The number of aryl methyl sites for hydroxylation is 1. The number of benzene rings is 2. The zero-order valence-corrected chi connectivity index (χ0v) is 12.3. The second-order valence-electron chi connectivity index (χ2n) is 4.85. The quantitative estimate of drug-likeness (QED) is 0.545. The molecule has 0 N–H and O–H groups in total. The minimum atomic E-state index is 0.425. The van der Waals surface area contributed by atoms with E-state index in [1.807, 2.05) is 37.3 Å². The fourth-order valence-corrected chi connectivity index (χ4v) is 2.45. The van der Waals surface area contributed by atoms with E-state index in [9.17, 15) is 0 Å². The van der Waals surface area contributed by atoms with E-state index in [2.05, 4.69) is 15.1 Å². The number of halogens is 1. The van der Waals surface area contributed by atoms with Crippen molar-refractivity contribution in [2.45, 2.75) is 6.92 Å². The molecule has 0 bridgehead atoms. The van der Waals surface area contributed by atoms with Crippen LogP contribution in [0, 0.1) is 6.92 Å². The second kappa shape index (κ2) is 4.96. The summed E-state index contributed by atoms with van der Waals surface area (Å²) in [6, 6.07) is 12.9. The lowest BCUT2D eigenvalue weighted by Crippen LogP contribution is -1.82. The summed E-state index contributed by atoms with van der Waals surface area (Å²) in [4.78, 5) is 8.72. The highest BCUT2D eigenvalue weighted by Crippen LogP contribution is 2.26. The number of nitrogens with zero attached hydrogens (tertiary/aromatic N) is 3. The molecule has 0 aliphatic rings. The lowest BCUT2D eigenvalue weighted by molar-refractivity contribution is 0.432. The minimum Gasteiger partial charge on any atom is -0.441 e. The van der Waals surface area contributed by atoms with Crippen LogP contribution in [0.1, 0.15) is 5.89 Å². The van der Waals surface area contributed by atoms with Gasteiger partial charge >= 0.3 is 0 Å². The predicted molar refractivity (Wildman–Crippen MR) is 82.5 cm³/mol. The number of hydrogen-bond donors (Lipinski definition) is 0. The molecular weight excluding hydrogens is 302 g/mol. The van der Waals surface area contributed by atoms with Crippen LogP contribution in [0.2, 0.25) is 5.02 Å². The third-order valence-corrected chi connectivity index (χ3v) is 3.49. The number of rotatable bonds is 2. The van der Waals surface area contributed by atoms with E-state index in [1.54, 1.807) is 12.1 Å². The molecular formula is C16H10ClN3O2. The normalized spacial score (nSPS) is 11.2. The molecule has 108 valence electrons. The van der Waals surface area contributed by atoms with Gasteiger partial charge in [0.25, 0.3) is 5.89 Å². The van der Waals surface area contributed by atoms with E-state index in [-0.39, 0.29) is 0 Å². The van der Waals surface area contributed by atoms with Crippen molar-refractivity contribution in [3.05, 3.63) is 53.4 Å². The molecule has 0 atom stereocenters. The Kier molecular flexibility index (Phi) is 2.94. The standard InChI is InChI=1S/C16H10ClN3O2/c1-9-18-13-8-10(5-6-14(13)21-9)15-19-16(22-20-15)11-3-2-4-12(17)7-11/h2-8H,1H3. The Hall–Kier alpha value is -2.66. The Morgan fingerprint density at radius 1 is 1.00 bits per heavy atom. The second-order valence-corrected chi connectivity index (χ2v) is 5.29. The molecule has 22 heavy (non-hydrogen) atoms. The Balaban J connectivity index is 1.76. The van der Waals surface area contributed by atoms with Crippen LogP contribution in [-0.4, -0.2) is 15.1 Å². The minimum absolute atomic E-state index is 0.425. The van der Waals surface area contributed by atoms with Gasteiger partial charge in [0.15, 0.2) is 11.5 Å². The van der Waals surface area contributed by atoms with Crippen molar-refractivity contribution in [1.29, 1.82) is 0 Å². The molecule has 0 spiro atoms. The van der Waals surface area contributed by atoms with Gasteiger partial charge in [-0.1, -0.05) is 22.8 Å². The van der Waals surface area contributed by atoms with Gasteiger partial charge in [-0.05, 0) is 36.4 Å². The molecule has 6 heteroatoms. The molecule has 0 unspecified atom stereocenters. The SMILES string of the molecule is Cc1nc2cc(-c3noc(-c4cccc(Cl)c4)n3)ccc2o1. The maximum absolute atomic E-state index is 5.98. The highest BCUT2D eigenvalue weighted by molar-refractivity contribution is 6.30. The monoisotopic (exact) mass is 311 g/mol. The molecule has 5 nitrogen and oxygen atoms in total. The molecule has 0 aliphatic carbocycles. The zero-order chi connectivity index (χ0) is 15.1. The van der Waals surface area contributed by atoms with Crippen LogP contribution in [0.3, 0.4) is 0 Å². The Labute approximate surface area is 130 Å². The summed E-state index contributed by atoms with van der Waals surface area (Å²) in [5.74, 6) is 1.55. The van der Waals surface area contributed by atoms with Crippen LogP contribution in [0.25, 0.3) is 33.9 Å². The van der Waals surface area contributed by atoms with Crippen molar-refractivity contribution in [3.63, 3.8) is 0 Å². The van der Waals surface area contributed by atoms with Gasteiger partial charge in [0.1, 0.15) is 5.52 Å². The highest BCUT2D eigenvalue weighted by Gasteiger charge is 2.12. The first-order chi connectivity index (χ1) is 10.7. The average molecular weight is 312 g/mol. The van der Waals surface area contributed by atoms with Gasteiger partial charge in [0.2, 0.25) is 5.82 Å². The van der Waals surface area contributed by atoms with Crippen LogP contribution in [0.4, 0.5) is 0 Å². The average Bonchev–Trinajstić information content (AvgIpc) is 3.11. The molecule has 0 radical (unpaired) electrons. The number of aromatic nitrogens is 3. The van der Waals surface area contributed by atoms with E-state index in [1.165, 1.54) is 0 Å². The third kappa shape index (κ3) is 2.25. The fourth-order valence-electron chi connectivity index (χ4n) is 2.26. The predicted octanol–water partition coefficient (Wildman–Crippen LogP) is 4.51. The van der Waals surface area contributed by atoms with E-state index in [4.69, 9.17) is 20.5 Å². The van der Waals surface area contributed by atoms with Crippen LogP contribution < -0.4 is 0 Å². The van der Waals surface area contributed by atoms with Crippen LogP contribution in [0.5, 0.6) is 0 Å². The molecule has 4 rings (SSSR count). The summed E-state index contributed by atoms with van der Waals surface area (Å²) >= 11 is 5.98. The molecule has 4 aromatic rings. The molecule has 0 saturated heterocycles. The van der Waals surface area contributed by atoms with Crippen molar-refractivity contribution in [3.8, 4) is 22.8 Å². The largest absolute Gasteiger partial charge is 0.441 e. The Morgan fingerprint density at radius 2 is 1.91 bits per heavy atom. The maximum atomic E-state index is 5.98. The van der Waals surface area contributed by atoms with Crippen molar-refractivity contribution < 1.29 is 8.94 Å². The van der Waals surface area contributed by atoms with E-state index < -0.39 is 0 Å². The number of oxazole rings is 1. The molecule has 0 aliphatic heterocycles. The van der Waals surface area contributed by atoms with Gasteiger partial charge in [-0.2, -0.15) is 4.98 Å². The van der Waals surface area contributed by atoms with E-state index in [0.717, 1.165) is 22.2 Å². The summed E-state index contributed by atoms with van der Waals surface area (Å²) in [5.41, 5.74) is 3.10. The van der Waals surface area contributed by atoms with E-state index >= 15 is 0 Å². The van der Waals surface area contributed by atoms with Crippen molar-refractivity contribution in [1.82, 2.24) is 15.1 Å². The first-order valence-corrected chi connectivity index (χ1v) is 7.04. The molecule has 2 aromatic heterocycles. The van der Waals surface area contributed by atoms with E-state index in [0.29, 0.717) is 22.6 Å². The summed E-state index contributed by atoms with van der Waals surface area (Å²) in [5, 5.41) is 4.64. The lowest BCUT2D eigenvalue weighted by atomic mass is 10.2. The summed E-state index contributed by atoms with van der Waals surface area (Å²) in [6.45, 7) is 1.81. The number of hydrogen-bond acceptors (Lipinski definition) is 5. The van der Waals surface area contributed by atoms with Crippen molar-refractivity contribution >= 4 is 22.7 Å². The molecule has 0 amide bonds. The van der Waals surface area contributed by atoms with Crippen molar-refractivity contribution in [2.75, 3.05) is 0 Å². The summed E-state index contributed by atoms with van der Waals surface area (Å²) < 4.78 is 10.8. The summed E-state index contributed by atoms with van der Waals surface area (Å²) in [6.07, 6.45) is 0. The maximum Gasteiger partial charge on any atom is 0.258 e. The van der Waals surface area contributed by atoms with Gasteiger partial charge in [-0.15, -0.1) is 0 Å². The zero-order valence-electron chi connectivity index (χ0n) is 11.6. The topological polar surface area (TPSA) is 65.0 Å². The highest BCUT2D eigenvalue weighted by atomic mass is 35.5. The fraction of sp³-hybridized carbons (Fsp3) is 0.0625. The van der Waals surface area contributed by atoms with Gasteiger partial charge in [-0.3, -0.25) is 0 Å². The van der Waals surface area contributed by atoms with Gasteiger partial charge in [-0.25, -0.2) is 4.98 Å². The molecule has 2 heterocycles.